The number of halogens is 2. The molecule has 0 aromatic heterocycles. The number of nitrogens with zero attached hydrogens (tertiary/aromatic N) is 1. The van der Waals surface area contributed by atoms with Crippen molar-refractivity contribution in [2.75, 3.05) is 19.6 Å². The smallest absolute Gasteiger partial charge is 0.255 e. The van der Waals surface area contributed by atoms with Gasteiger partial charge in [0.25, 0.3) is 5.91 Å². The van der Waals surface area contributed by atoms with Crippen molar-refractivity contribution in [3.63, 3.8) is 0 Å². The fourth-order valence-corrected chi connectivity index (χ4v) is 2.96. The lowest BCUT2D eigenvalue weighted by Gasteiger charge is -2.31. The summed E-state index contributed by atoms with van der Waals surface area (Å²) in [6.45, 7) is 3.85. The lowest BCUT2D eigenvalue weighted by Crippen LogP contribution is -2.43. The molecule has 0 unspecified atom stereocenters. The molecule has 1 fully saturated rings. The molecule has 1 N–H and O–H groups in total. The number of carbonyl (C=O) groups excluding carboxylic acids is 2. The zero-order valence-electron chi connectivity index (χ0n) is 12.6. The Morgan fingerprint density at radius 1 is 1.27 bits per heavy atom. The Kier molecular flexibility index (Phi) is 6.09. The van der Waals surface area contributed by atoms with Crippen molar-refractivity contribution in [1.29, 1.82) is 0 Å². The Bertz CT molecular complexity index is 555. The van der Waals surface area contributed by atoms with Gasteiger partial charge in [0.15, 0.2) is 0 Å². The molecular formula is C16H20Cl2N2O2. The summed E-state index contributed by atoms with van der Waals surface area (Å²) < 4.78 is 0. The number of likely N-dealkylation sites (tertiary alicyclic amines) is 1. The van der Waals surface area contributed by atoms with Crippen molar-refractivity contribution in [2.24, 2.45) is 5.92 Å². The average molecular weight is 343 g/mol. The van der Waals surface area contributed by atoms with Crippen molar-refractivity contribution in [3.05, 3.63) is 33.8 Å². The summed E-state index contributed by atoms with van der Waals surface area (Å²) >= 11 is 12.1. The second kappa shape index (κ2) is 7.84. The topological polar surface area (TPSA) is 49.4 Å². The normalized spacial score (nSPS) is 15.7. The number of carbonyl (C=O) groups is 2. The van der Waals surface area contributed by atoms with Gasteiger partial charge in [-0.3, -0.25) is 9.59 Å². The van der Waals surface area contributed by atoms with Gasteiger partial charge in [0.2, 0.25) is 5.91 Å². The van der Waals surface area contributed by atoms with E-state index in [1.165, 1.54) is 0 Å². The summed E-state index contributed by atoms with van der Waals surface area (Å²) in [6, 6.07) is 5.05. The van der Waals surface area contributed by atoms with E-state index in [-0.39, 0.29) is 22.8 Å². The van der Waals surface area contributed by atoms with Gasteiger partial charge in [-0.15, -0.1) is 0 Å². The van der Waals surface area contributed by atoms with Gasteiger partial charge in [-0.05, 0) is 31.4 Å². The zero-order valence-corrected chi connectivity index (χ0v) is 14.1. The first-order chi connectivity index (χ1) is 10.5. The lowest BCUT2D eigenvalue weighted by molar-refractivity contribution is -0.126. The van der Waals surface area contributed by atoms with Crippen LogP contribution in [0.15, 0.2) is 18.2 Å². The van der Waals surface area contributed by atoms with Crippen LogP contribution >= 0.6 is 23.2 Å². The molecule has 0 atom stereocenters. The summed E-state index contributed by atoms with van der Waals surface area (Å²) in [7, 11) is 0. The summed E-state index contributed by atoms with van der Waals surface area (Å²) in [5.41, 5.74) is 0.419. The Hall–Kier alpha value is -1.26. The maximum atomic E-state index is 12.5. The fourth-order valence-electron chi connectivity index (χ4n) is 2.58. The van der Waals surface area contributed by atoms with Crippen molar-refractivity contribution in [3.8, 4) is 0 Å². The molecule has 0 bridgehead atoms. The van der Waals surface area contributed by atoms with Crippen LogP contribution in [0.1, 0.15) is 36.5 Å². The third-order valence-electron chi connectivity index (χ3n) is 3.88. The molecule has 1 aliphatic rings. The summed E-state index contributed by atoms with van der Waals surface area (Å²) in [6.07, 6.45) is 2.29. The van der Waals surface area contributed by atoms with Crippen LogP contribution in [0.3, 0.4) is 0 Å². The Morgan fingerprint density at radius 3 is 2.59 bits per heavy atom. The molecule has 1 aromatic rings. The van der Waals surface area contributed by atoms with E-state index in [0.717, 1.165) is 6.42 Å². The van der Waals surface area contributed by atoms with Crippen LogP contribution in [-0.2, 0) is 4.79 Å². The van der Waals surface area contributed by atoms with Crippen LogP contribution in [0.25, 0.3) is 0 Å². The summed E-state index contributed by atoms with van der Waals surface area (Å²) in [5, 5.41) is 3.58. The van der Waals surface area contributed by atoms with Crippen LogP contribution in [0.5, 0.6) is 0 Å². The predicted octanol–water partition coefficient (Wildman–Crippen LogP) is 3.37. The molecule has 6 heteroatoms. The second-order valence-electron chi connectivity index (χ2n) is 5.46. The van der Waals surface area contributed by atoms with E-state index < -0.39 is 0 Å². The highest BCUT2D eigenvalue weighted by molar-refractivity contribution is 6.43. The van der Waals surface area contributed by atoms with E-state index in [9.17, 15) is 9.59 Å². The van der Waals surface area contributed by atoms with Crippen molar-refractivity contribution in [1.82, 2.24) is 10.2 Å². The molecule has 1 saturated heterocycles. The number of amides is 2. The predicted molar refractivity (Wildman–Crippen MR) is 88.4 cm³/mol. The quantitative estimate of drug-likeness (QED) is 0.911. The van der Waals surface area contributed by atoms with Crippen molar-refractivity contribution in [2.45, 2.75) is 26.2 Å². The van der Waals surface area contributed by atoms with Crippen LogP contribution in [0.2, 0.25) is 10.0 Å². The van der Waals surface area contributed by atoms with Gasteiger partial charge >= 0.3 is 0 Å². The molecule has 22 heavy (non-hydrogen) atoms. The van der Waals surface area contributed by atoms with Gasteiger partial charge in [0, 0.05) is 25.6 Å². The van der Waals surface area contributed by atoms with Crippen molar-refractivity contribution < 1.29 is 9.59 Å². The number of hydrogen-bond acceptors (Lipinski definition) is 2. The van der Waals surface area contributed by atoms with Gasteiger partial charge in [-0.1, -0.05) is 36.2 Å². The Morgan fingerprint density at radius 2 is 1.95 bits per heavy atom. The molecule has 1 aromatic carbocycles. The van der Waals surface area contributed by atoms with Crippen LogP contribution in [0.4, 0.5) is 0 Å². The molecule has 2 amide bonds. The van der Waals surface area contributed by atoms with E-state index in [0.29, 0.717) is 43.1 Å². The minimum atomic E-state index is -0.125. The van der Waals surface area contributed by atoms with Crippen LogP contribution in [-0.4, -0.2) is 36.3 Å². The summed E-state index contributed by atoms with van der Waals surface area (Å²) in [5.74, 6) is -0.0416. The van der Waals surface area contributed by atoms with Gasteiger partial charge < -0.3 is 10.2 Å². The first-order valence-electron chi connectivity index (χ1n) is 7.55. The molecule has 120 valence electrons. The highest BCUT2D eigenvalue weighted by atomic mass is 35.5. The molecule has 0 spiro atoms. The van der Waals surface area contributed by atoms with E-state index >= 15 is 0 Å². The van der Waals surface area contributed by atoms with Crippen LogP contribution in [0, 0.1) is 5.92 Å². The third kappa shape index (κ3) is 3.93. The molecule has 2 rings (SSSR count). The molecule has 1 aliphatic heterocycles. The number of benzene rings is 1. The van der Waals surface area contributed by atoms with E-state index in [4.69, 9.17) is 23.2 Å². The number of rotatable bonds is 4. The molecular weight excluding hydrogens is 323 g/mol. The highest BCUT2D eigenvalue weighted by Crippen LogP contribution is 2.28. The van der Waals surface area contributed by atoms with Gasteiger partial charge in [-0.2, -0.15) is 0 Å². The monoisotopic (exact) mass is 342 g/mol. The minimum Gasteiger partial charge on any atom is -0.356 e. The third-order valence-corrected chi connectivity index (χ3v) is 4.70. The molecule has 0 saturated carbocycles. The number of nitrogens with one attached hydrogen (secondary N) is 1. The van der Waals surface area contributed by atoms with E-state index in [1.807, 2.05) is 6.92 Å². The molecule has 0 radical (unpaired) electrons. The zero-order chi connectivity index (χ0) is 16.1. The first-order valence-corrected chi connectivity index (χ1v) is 8.31. The number of piperidine rings is 1. The van der Waals surface area contributed by atoms with Crippen molar-refractivity contribution >= 4 is 35.0 Å². The van der Waals surface area contributed by atoms with E-state index in [2.05, 4.69) is 5.32 Å². The SMILES string of the molecule is CCCNC(=O)C1CCN(C(=O)c2cccc(Cl)c2Cl)CC1. The Balaban J connectivity index is 1.95. The van der Waals surface area contributed by atoms with Gasteiger partial charge in [0.05, 0.1) is 15.6 Å². The van der Waals surface area contributed by atoms with E-state index in [1.54, 1.807) is 23.1 Å². The van der Waals surface area contributed by atoms with Crippen LogP contribution < -0.4 is 5.32 Å². The average Bonchev–Trinajstić information content (AvgIpc) is 2.54. The highest BCUT2D eigenvalue weighted by Gasteiger charge is 2.28. The standard InChI is InChI=1S/C16H20Cl2N2O2/c1-2-8-19-15(21)11-6-9-20(10-7-11)16(22)12-4-3-5-13(17)14(12)18/h3-5,11H,2,6-10H2,1H3,(H,19,21). The maximum Gasteiger partial charge on any atom is 0.255 e. The molecule has 1 heterocycles. The Labute approximate surface area is 140 Å². The maximum absolute atomic E-state index is 12.5. The number of hydrogen-bond donors (Lipinski definition) is 1. The minimum absolute atomic E-state index is 0.00886. The second-order valence-corrected chi connectivity index (χ2v) is 6.24. The van der Waals surface area contributed by atoms with Gasteiger partial charge in [0.1, 0.15) is 0 Å². The van der Waals surface area contributed by atoms with Gasteiger partial charge in [-0.25, -0.2) is 0 Å². The fraction of sp³-hybridized carbons (Fsp3) is 0.500. The molecule has 0 aliphatic carbocycles. The largest absolute Gasteiger partial charge is 0.356 e. The molecule has 4 nitrogen and oxygen atoms in total. The summed E-state index contributed by atoms with van der Waals surface area (Å²) in [4.78, 5) is 26.2. The lowest BCUT2D eigenvalue weighted by atomic mass is 9.95. The first kappa shape index (κ1) is 17.1.